The number of likely N-dealkylation sites (N-methyl/N-ethyl adjacent to an activating group) is 1. The third-order valence-electron chi connectivity index (χ3n) is 3.75. The second kappa shape index (κ2) is 8.90. The highest BCUT2D eigenvalue weighted by Gasteiger charge is 2.30. The van der Waals surface area contributed by atoms with E-state index in [1.807, 2.05) is 50.1 Å². The summed E-state index contributed by atoms with van der Waals surface area (Å²) in [6.45, 7) is 6.91. The second-order valence-electron chi connectivity index (χ2n) is 6.06. The van der Waals surface area contributed by atoms with Crippen LogP contribution in [-0.2, 0) is 4.79 Å². The lowest BCUT2D eigenvalue weighted by molar-refractivity contribution is -0.123. The molecule has 1 aromatic carbocycles. The predicted molar refractivity (Wildman–Crippen MR) is 94.1 cm³/mol. The number of benzene rings is 1. The number of carbonyl (C=O) groups is 1. The van der Waals surface area contributed by atoms with Gasteiger partial charge in [-0.05, 0) is 44.2 Å². The Hall–Kier alpha value is -1.58. The van der Waals surface area contributed by atoms with Crippen molar-refractivity contribution in [1.82, 2.24) is 10.2 Å². The maximum atomic E-state index is 12.1. The predicted octanol–water partition coefficient (Wildman–Crippen LogP) is 2.81. The first-order valence-corrected chi connectivity index (χ1v) is 8.35. The van der Waals surface area contributed by atoms with Crippen molar-refractivity contribution in [3.8, 4) is 11.8 Å². The van der Waals surface area contributed by atoms with Gasteiger partial charge in [0.05, 0.1) is 12.6 Å². The first-order chi connectivity index (χ1) is 10.8. The summed E-state index contributed by atoms with van der Waals surface area (Å²) < 4.78 is 6.63. The molecular formula is C17H24BrN3O2. The van der Waals surface area contributed by atoms with Crippen LogP contribution in [0.3, 0.4) is 0 Å². The monoisotopic (exact) mass is 381 g/mol. The van der Waals surface area contributed by atoms with E-state index in [4.69, 9.17) is 4.74 Å². The highest BCUT2D eigenvalue weighted by Crippen LogP contribution is 2.16. The fourth-order valence-electron chi connectivity index (χ4n) is 1.80. The SMILES string of the molecule is CC(C)[C@@](C)(C#N)NC(=O)CN(C)CCOc1ccc(Br)cc1. The number of carbonyl (C=O) groups excluding carboxylic acids is 1. The van der Waals surface area contributed by atoms with Crippen molar-refractivity contribution in [3.63, 3.8) is 0 Å². The van der Waals surface area contributed by atoms with Gasteiger partial charge in [0.1, 0.15) is 17.9 Å². The number of nitriles is 1. The number of amides is 1. The molecule has 0 heterocycles. The van der Waals surface area contributed by atoms with Crippen LogP contribution in [0.2, 0.25) is 0 Å². The van der Waals surface area contributed by atoms with E-state index >= 15 is 0 Å². The van der Waals surface area contributed by atoms with Crippen molar-refractivity contribution < 1.29 is 9.53 Å². The molecule has 5 nitrogen and oxygen atoms in total. The van der Waals surface area contributed by atoms with E-state index in [0.717, 1.165) is 10.2 Å². The Morgan fingerprint density at radius 2 is 2.04 bits per heavy atom. The standard InChI is InChI=1S/C17H24BrN3O2/c1-13(2)17(3,12-19)20-16(22)11-21(4)9-10-23-15-7-5-14(18)6-8-15/h5-8,13H,9-11H2,1-4H3,(H,20,22)/t17-/m1/s1. The van der Waals surface area contributed by atoms with Gasteiger partial charge in [0.15, 0.2) is 0 Å². The van der Waals surface area contributed by atoms with Gasteiger partial charge in [-0.15, -0.1) is 0 Å². The molecular weight excluding hydrogens is 358 g/mol. The Kier molecular flexibility index (Phi) is 7.53. The van der Waals surface area contributed by atoms with Gasteiger partial charge < -0.3 is 10.1 Å². The average molecular weight is 382 g/mol. The van der Waals surface area contributed by atoms with Gasteiger partial charge in [-0.25, -0.2) is 0 Å². The highest BCUT2D eigenvalue weighted by molar-refractivity contribution is 9.10. The number of halogens is 1. The van der Waals surface area contributed by atoms with E-state index in [1.54, 1.807) is 6.92 Å². The Morgan fingerprint density at radius 1 is 1.43 bits per heavy atom. The van der Waals surface area contributed by atoms with Crippen molar-refractivity contribution in [2.45, 2.75) is 26.3 Å². The van der Waals surface area contributed by atoms with Crippen LogP contribution in [0.4, 0.5) is 0 Å². The van der Waals surface area contributed by atoms with Crippen LogP contribution in [0, 0.1) is 17.2 Å². The molecule has 0 saturated carbocycles. The van der Waals surface area contributed by atoms with E-state index < -0.39 is 5.54 Å². The molecule has 0 fully saturated rings. The number of hydrogen-bond donors (Lipinski definition) is 1. The second-order valence-corrected chi connectivity index (χ2v) is 6.97. The normalized spacial score (nSPS) is 13.5. The van der Waals surface area contributed by atoms with Gasteiger partial charge >= 0.3 is 0 Å². The summed E-state index contributed by atoms with van der Waals surface area (Å²) in [5.41, 5.74) is -0.841. The zero-order valence-corrected chi connectivity index (χ0v) is 15.7. The van der Waals surface area contributed by atoms with Crippen molar-refractivity contribution in [2.24, 2.45) is 5.92 Å². The molecule has 0 spiro atoms. The quantitative estimate of drug-likeness (QED) is 0.751. The topological polar surface area (TPSA) is 65.4 Å². The lowest BCUT2D eigenvalue weighted by atomic mass is 9.90. The van der Waals surface area contributed by atoms with Crippen LogP contribution in [0.25, 0.3) is 0 Å². The number of rotatable bonds is 8. The van der Waals surface area contributed by atoms with Crippen LogP contribution in [0.15, 0.2) is 28.7 Å². The molecule has 0 bridgehead atoms. The van der Waals surface area contributed by atoms with Crippen LogP contribution in [0.5, 0.6) is 5.75 Å². The third-order valence-corrected chi connectivity index (χ3v) is 4.28. The Labute approximate surface area is 146 Å². The van der Waals surface area contributed by atoms with E-state index in [-0.39, 0.29) is 18.4 Å². The molecule has 1 atom stereocenters. The van der Waals surface area contributed by atoms with E-state index in [2.05, 4.69) is 27.3 Å². The summed E-state index contributed by atoms with van der Waals surface area (Å²) in [5, 5.41) is 12.0. The number of ether oxygens (including phenoxy) is 1. The Balaban J connectivity index is 2.36. The van der Waals surface area contributed by atoms with Gasteiger partial charge in [0.2, 0.25) is 5.91 Å². The minimum absolute atomic E-state index is 0.0440. The van der Waals surface area contributed by atoms with Gasteiger partial charge in [-0.3, -0.25) is 9.69 Å². The van der Waals surface area contributed by atoms with E-state index in [0.29, 0.717) is 13.2 Å². The van der Waals surface area contributed by atoms with Crippen molar-refractivity contribution in [1.29, 1.82) is 5.26 Å². The Bertz CT molecular complexity index is 554. The zero-order valence-electron chi connectivity index (χ0n) is 14.1. The maximum Gasteiger partial charge on any atom is 0.235 e. The van der Waals surface area contributed by atoms with Crippen LogP contribution in [-0.4, -0.2) is 43.1 Å². The van der Waals surface area contributed by atoms with Crippen molar-refractivity contribution in [3.05, 3.63) is 28.7 Å². The molecule has 1 rings (SSSR count). The number of hydrogen-bond acceptors (Lipinski definition) is 4. The van der Waals surface area contributed by atoms with E-state index in [9.17, 15) is 10.1 Å². The smallest absolute Gasteiger partial charge is 0.235 e. The van der Waals surface area contributed by atoms with E-state index in [1.165, 1.54) is 0 Å². The summed E-state index contributed by atoms with van der Waals surface area (Å²) in [6, 6.07) is 9.78. The molecule has 1 N–H and O–H groups in total. The molecule has 0 radical (unpaired) electrons. The lowest BCUT2D eigenvalue weighted by Crippen LogP contribution is -2.51. The molecule has 0 aliphatic rings. The van der Waals surface area contributed by atoms with Crippen molar-refractivity contribution in [2.75, 3.05) is 26.7 Å². The molecule has 0 saturated heterocycles. The molecule has 0 aliphatic carbocycles. The summed E-state index contributed by atoms with van der Waals surface area (Å²) in [7, 11) is 1.85. The largest absolute Gasteiger partial charge is 0.492 e. The molecule has 6 heteroatoms. The summed E-state index contributed by atoms with van der Waals surface area (Å²) in [4.78, 5) is 13.9. The number of nitrogens with one attached hydrogen (secondary N) is 1. The highest BCUT2D eigenvalue weighted by atomic mass is 79.9. The van der Waals surface area contributed by atoms with Gasteiger partial charge in [-0.2, -0.15) is 5.26 Å². The molecule has 126 valence electrons. The van der Waals surface area contributed by atoms with Crippen LogP contribution in [0.1, 0.15) is 20.8 Å². The minimum atomic E-state index is -0.841. The van der Waals surface area contributed by atoms with Crippen molar-refractivity contribution >= 4 is 21.8 Å². The van der Waals surface area contributed by atoms with Gasteiger partial charge in [-0.1, -0.05) is 29.8 Å². The molecule has 1 amide bonds. The fraction of sp³-hybridized carbons (Fsp3) is 0.529. The molecule has 23 heavy (non-hydrogen) atoms. The fourth-order valence-corrected chi connectivity index (χ4v) is 2.07. The summed E-state index contributed by atoms with van der Waals surface area (Å²) in [5.74, 6) is 0.680. The molecule has 1 aromatic rings. The van der Waals surface area contributed by atoms with Crippen LogP contribution < -0.4 is 10.1 Å². The zero-order chi connectivity index (χ0) is 17.5. The Morgan fingerprint density at radius 3 is 2.57 bits per heavy atom. The summed E-state index contributed by atoms with van der Waals surface area (Å²) >= 11 is 3.37. The average Bonchev–Trinajstić information content (AvgIpc) is 2.48. The maximum absolute atomic E-state index is 12.1. The first kappa shape index (κ1) is 19.5. The lowest BCUT2D eigenvalue weighted by Gasteiger charge is -2.28. The third kappa shape index (κ3) is 6.59. The van der Waals surface area contributed by atoms with Gasteiger partial charge in [0.25, 0.3) is 0 Å². The number of nitrogens with zero attached hydrogens (tertiary/aromatic N) is 2. The summed E-state index contributed by atoms with van der Waals surface area (Å²) in [6.07, 6.45) is 0. The minimum Gasteiger partial charge on any atom is -0.492 e. The van der Waals surface area contributed by atoms with Gasteiger partial charge in [0, 0.05) is 11.0 Å². The molecule has 0 aromatic heterocycles. The van der Waals surface area contributed by atoms with Crippen LogP contribution >= 0.6 is 15.9 Å². The molecule has 0 unspecified atom stereocenters. The molecule has 0 aliphatic heterocycles. The first-order valence-electron chi connectivity index (χ1n) is 7.56.